The summed E-state index contributed by atoms with van der Waals surface area (Å²) in [6.45, 7) is 0. The monoisotopic (exact) mass is 213 g/mol. The Labute approximate surface area is 85.1 Å². The van der Waals surface area contributed by atoms with Crippen LogP contribution >= 0.6 is 0 Å². The second kappa shape index (κ2) is 4.54. The van der Waals surface area contributed by atoms with Gasteiger partial charge in [-0.1, -0.05) is 6.07 Å². The fourth-order valence-electron chi connectivity index (χ4n) is 0.981. The van der Waals surface area contributed by atoms with E-state index in [0.717, 1.165) is 25.3 Å². The Morgan fingerprint density at radius 3 is 2.40 bits per heavy atom. The molecule has 0 radical (unpaired) electrons. The summed E-state index contributed by atoms with van der Waals surface area (Å²) in [4.78, 5) is 10.9. The molecule has 15 heavy (non-hydrogen) atoms. The van der Waals surface area contributed by atoms with Crippen molar-refractivity contribution in [3.05, 3.63) is 41.1 Å². The molecule has 0 fully saturated rings. The van der Waals surface area contributed by atoms with Crippen molar-refractivity contribution in [3.63, 3.8) is 0 Å². The molecule has 5 heteroatoms. The third-order valence-corrected chi connectivity index (χ3v) is 1.72. The lowest BCUT2D eigenvalue weighted by molar-refractivity contribution is -0.136. The van der Waals surface area contributed by atoms with Crippen LogP contribution in [-0.4, -0.2) is 13.1 Å². The number of hydrogen-bond acceptors (Lipinski definition) is 3. The summed E-state index contributed by atoms with van der Waals surface area (Å²) in [5, 5.41) is 0. The van der Waals surface area contributed by atoms with E-state index in [4.69, 9.17) is 5.73 Å². The van der Waals surface area contributed by atoms with Crippen LogP contribution < -0.4 is 5.73 Å². The van der Waals surface area contributed by atoms with E-state index in [-0.39, 0.29) is 11.3 Å². The number of nitrogens with two attached hydrogens (primary N) is 1. The van der Waals surface area contributed by atoms with Gasteiger partial charge in [0.05, 0.1) is 7.11 Å². The quantitative estimate of drug-likeness (QED) is 0.597. The summed E-state index contributed by atoms with van der Waals surface area (Å²) in [5.74, 6) is -2.42. The fraction of sp³-hybridized carbons (Fsp3) is 0.100. The van der Waals surface area contributed by atoms with Crippen LogP contribution in [0, 0.1) is 11.6 Å². The molecule has 1 rings (SSSR count). The molecule has 1 aromatic rings. The largest absolute Gasteiger partial charge is 0.464 e. The Hall–Kier alpha value is -1.91. The summed E-state index contributed by atoms with van der Waals surface area (Å²) in [6.07, 6.45) is 0.899. The van der Waals surface area contributed by atoms with Crippen molar-refractivity contribution >= 4 is 12.0 Å². The SMILES string of the molecule is COC(=O)C(N)=Cc1c(F)cccc1F. The van der Waals surface area contributed by atoms with Crippen molar-refractivity contribution < 1.29 is 18.3 Å². The molecule has 0 spiro atoms. The Morgan fingerprint density at radius 2 is 1.93 bits per heavy atom. The summed E-state index contributed by atoms with van der Waals surface area (Å²) in [5.41, 5.74) is 4.53. The minimum Gasteiger partial charge on any atom is -0.464 e. The van der Waals surface area contributed by atoms with Crippen LogP contribution in [0.4, 0.5) is 8.78 Å². The predicted octanol–water partition coefficient (Wildman–Crippen LogP) is 1.44. The zero-order valence-corrected chi connectivity index (χ0v) is 7.96. The third-order valence-electron chi connectivity index (χ3n) is 1.72. The first kappa shape index (κ1) is 11.2. The van der Waals surface area contributed by atoms with Crippen LogP contribution in [0.3, 0.4) is 0 Å². The summed E-state index contributed by atoms with van der Waals surface area (Å²) in [6, 6.07) is 3.36. The number of hydrogen-bond donors (Lipinski definition) is 1. The van der Waals surface area contributed by atoms with Crippen molar-refractivity contribution in [2.75, 3.05) is 7.11 Å². The van der Waals surface area contributed by atoms with Gasteiger partial charge in [0.1, 0.15) is 17.3 Å². The molecule has 0 amide bonds. The normalized spacial score (nSPS) is 11.3. The van der Waals surface area contributed by atoms with Gasteiger partial charge in [-0.2, -0.15) is 0 Å². The number of carbonyl (C=O) groups excluding carboxylic acids is 1. The van der Waals surface area contributed by atoms with Gasteiger partial charge in [-0.05, 0) is 18.2 Å². The van der Waals surface area contributed by atoms with E-state index in [1.165, 1.54) is 6.07 Å². The maximum atomic E-state index is 13.1. The molecule has 0 saturated carbocycles. The molecule has 0 heterocycles. The predicted molar refractivity (Wildman–Crippen MR) is 50.5 cm³/mol. The molecule has 0 aliphatic carbocycles. The van der Waals surface area contributed by atoms with Crippen molar-refractivity contribution in [2.45, 2.75) is 0 Å². The number of esters is 1. The summed E-state index contributed by atoms with van der Waals surface area (Å²) < 4.78 is 30.5. The Kier molecular flexibility index (Phi) is 3.38. The second-order valence-corrected chi connectivity index (χ2v) is 2.73. The van der Waals surface area contributed by atoms with E-state index in [1.54, 1.807) is 0 Å². The highest BCUT2D eigenvalue weighted by atomic mass is 19.1. The smallest absolute Gasteiger partial charge is 0.353 e. The van der Waals surface area contributed by atoms with Crippen LogP contribution in [0.1, 0.15) is 5.56 Å². The number of methoxy groups -OCH3 is 1. The second-order valence-electron chi connectivity index (χ2n) is 2.73. The minimum absolute atomic E-state index is 0.360. The van der Waals surface area contributed by atoms with E-state index < -0.39 is 17.6 Å². The van der Waals surface area contributed by atoms with Gasteiger partial charge in [0.2, 0.25) is 0 Å². The lowest BCUT2D eigenvalue weighted by Crippen LogP contribution is -2.12. The molecule has 3 nitrogen and oxygen atoms in total. The topological polar surface area (TPSA) is 52.3 Å². The Bertz CT molecular complexity index is 396. The standard InChI is InChI=1S/C10H9F2NO2/c1-15-10(14)9(13)5-6-7(11)3-2-4-8(6)12/h2-5H,13H2,1H3. The molecule has 0 atom stereocenters. The average Bonchev–Trinajstić information content (AvgIpc) is 2.22. The van der Waals surface area contributed by atoms with Crippen molar-refractivity contribution in [2.24, 2.45) is 5.73 Å². The number of rotatable bonds is 2. The van der Waals surface area contributed by atoms with Gasteiger partial charge in [0, 0.05) is 5.56 Å². The van der Waals surface area contributed by atoms with Crippen LogP contribution in [-0.2, 0) is 9.53 Å². The van der Waals surface area contributed by atoms with Gasteiger partial charge in [0.15, 0.2) is 0 Å². The number of benzene rings is 1. The average molecular weight is 213 g/mol. The Balaban J connectivity index is 3.13. The molecule has 1 aromatic carbocycles. The van der Waals surface area contributed by atoms with E-state index in [2.05, 4.69) is 4.74 Å². The molecule has 0 bridgehead atoms. The highest BCUT2D eigenvalue weighted by Gasteiger charge is 2.10. The van der Waals surface area contributed by atoms with Crippen LogP contribution in [0.15, 0.2) is 23.9 Å². The van der Waals surface area contributed by atoms with E-state index in [9.17, 15) is 13.6 Å². The highest BCUT2D eigenvalue weighted by molar-refractivity contribution is 5.92. The van der Waals surface area contributed by atoms with E-state index in [0.29, 0.717) is 0 Å². The zero-order chi connectivity index (χ0) is 11.4. The van der Waals surface area contributed by atoms with Crippen molar-refractivity contribution in [1.82, 2.24) is 0 Å². The van der Waals surface area contributed by atoms with Gasteiger partial charge >= 0.3 is 5.97 Å². The lowest BCUT2D eigenvalue weighted by atomic mass is 10.1. The van der Waals surface area contributed by atoms with Crippen molar-refractivity contribution in [1.29, 1.82) is 0 Å². The molecule has 80 valence electrons. The lowest BCUT2D eigenvalue weighted by Gasteiger charge is -2.01. The van der Waals surface area contributed by atoms with Gasteiger partial charge in [-0.15, -0.1) is 0 Å². The molecule has 0 saturated heterocycles. The maximum absolute atomic E-state index is 13.1. The molecular weight excluding hydrogens is 204 g/mol. The number of halogens is 2. The number of ether oxygens (including phenoxy) is 1. The first-order chi connectivity index (χ1) is 7.06. The molecule has 0 unspecified atom stereocenters. The van der Waals surface area contributed by atoms with Crippen LogP contribution in [0.5, 0.6) is 0 Å². The van der Waals surface area contributed by atoms with Gasteiger partial charge in [-0.25, -0.2) is 13.6 Å². The first-order valence-corrected chi connectivity index (χ1v) is 4.05. The highest BCUT2D eigenvalue weighted by Crippen LogP contribution is 2.14. The summed E-state index contributed by atoms with van der Waals surface area (Å²) >= 11 is 0. The number of carbonyl (C=O) groups is 1. The minimum atomic E-state index is -0.836. The maximum Gasteiger partial charge on any atom is 0.353 e. The fourth-order valence-corrected chi connectivity index (χ4v) is 0.981. The molecule has 0 aliphatic heterocycles. The van der Waals surface area contributed by atoms with Crippen LogP contribution in [0.25, 0.3) is 6.08 Å². The Morgan fingerprint density at radius 1 is 1.40 bits per heavy atom. The van der Waals surface area contributed by atoms with Crippen molar-refractivity contribution in [3.8, 4) is 0 Å². The summed E-state index contributed by atoms with van der Waals surface area (Å²) in [7, 11) is 1.13. The van der Waals surface area contributed by atoms with Gasteiger partial charge in [-0.3, -0.25) is 0 Å². The van der Waals surface area contributed by atoms with Gasteiger partial charge < -0.3 is 10.5 Å². The van der Waals surface area contributed by atoms with Gasteiger partial charge in [0.25, 0.3) is 0 Å². The van der Waals surface area contributed by atoms with Crippen LogP contribution in [0.2, 0.25) is 0 Å². The molecule has 0 aliphatic rings. The molecule has 0 aromatic heterocycles. The zero-order valence-electron chi connectivity index (χ0n) is 7.96. The van der Waals surface area contributed by atoms with E-state index >= 15 is 0 Å². The first-order valence-electron chi connectivity index (χ1n) is 4.05. The van der Waals surface area contributed by atoms with E-state index in [1.807, 2.05) is 0 Å². The molecule has 2 N–H and O–H groups in total. The molecular formula is C10H9F2NO2. The third kappa shape index (κ3) is 2.52.